The second kappa shape index (κ2) is 4.76. The van der Waals surface area contributed by atoms with Gasteiger partial charge in [-0.25, -0.2) is 0 Å². The van der Waals surface area contributed by atoms with Crippen LogP contribution in [-0.4, -0.2) is 22.3 Å². The molecule has 21 heavy (non-hydrogen) atoms. The molecule has 3 rings (SSSR count). The Bertz CT molecular complexity index is 682. The summed E-state index contributed by atoms with van der Waals surface area (Å²) < 4.78 is 26.6. The first-order chi connectivity index (χ1) is 9.75. The summed E-state index contributed by atoms with van der Waals surface area (Å²) in [5.74, 6) is 0. The monoisotopic (exact) mass is 307 g/mol. The third-order valence-corrected chi connectivity index (χ3v) is 5.09. The Morgan fingerprint density at radius 2 is 1.76 bits per heavy atom. The van der Waals surface area contributed by atoms with Crippen molar-refractivity contribution in [2.45, 2.75) is 45.8 Å². The van der Waals surface area contributed by atoms with Crippen LogP contribution in [0.3, 0.4) is 0 Å². The number of halogens is 1. The maximum absolute atomic E-state index is 12.9. The molecule has 0 spiro atoms. The van der Waals surface area contributed by atoms with E-state index in [0.29, 0.717) is 0 Å². The third-order valence-electron chi connectivity index (χ3n) is 4.62. The number of aryl methyl sites for hydroxylation is 1. The lowest BCUT2D eigenvalue weighted by molar-refractivity contribution is 0.00578. The Hall–Kier alpha value is -0.975. The molecule has 1 fully saturated rings. The summed E-state index contributed by atoms with van der Waals surface area (Å²) >= 11 is 0.205. The van der Waals surface area contributed by atoms with E-state index >= 15 is 0 Å². The Balaban J connectivity index is 2.04. The van der Waals surface area contributed by atoms with E-state index in [1.807, 2.05) is 52.8 Å². The van der Waals surface area contributed by atoms with Crippen molar-refractivity contribution < 1.29 is 13.2 Å². The molecule has 1 saturated heterocycles. The molecule has 2 heterocycles. The largest absolute Gasteiger partial charge is 0.495 e. The molecular formula is C15H19BFNO2S. The fourth-order valence-electron chi connectivity index (χ4n) is 2.56. The summed E-state index contributed by atoms with van der Waals surface area (Å²) in [4.78, 5) is 0. The minimum atomic E-state index is -0.388. The summed E-state index contributed by atoms with van der Waals surface area (Å²) in [6.07, 6.45) is 1.72. The predicted molar refractivity (Wildman–Crippen MR) is 86.5 cm³/mol. The van der Waals surface area contributed by atoms with Crippen molar-refractivity contribution >= 4 is 35.8 Å². The first-order valence-electron chi connectivity index (χ1n) is 7.01. The van der Waals surface area contributed by atoms with Gasteiger partial charge in [-0.1, -0.05) is 6.07 Å². The molecular weight excluding hydrogens is 288 g/mol. The van der Waals surface area contributed by atoms with Crippen molar-refractivity contribution in [3.8, 4) is 0 Å². The molecule has 0 atom stereocenters. The highest BCUT2D eigenvalue weighted by Crippen LogP contribution is 2.37. The molecule has 1 aromatic heterocycles. The number of rotatable bonds is 2. The minimum Gasteiger partial charge on any atom is -0.399 e. The van der Waals surface area contributed by atoms with Gasteiger partial charge in [-0.3, -0.25) is 3.97 Å². The Morgan fingerprint density at radius 1 is 1.14 bits per heavy atom. The van der Waals surface area contributed by atoms with Crippen LogP contribution in [0.2, 0.25) is 0 Å². The second-order valence-corrected chi connectivity index (χ2v) is 7.10. The van der Waals surface area contributed by atoms with Crippen molar-refractivity contribution in [1.29, 1.82) is 0 Å². The molecule has 6 heteroatoms. The van der Waals surface area contributed by atoms with Crippen LogP contribution in [0.25, 0.3) is 10.9 Å². The molecule has 112 valence electrons. The van der Waals surface area contributed by atoms with Crippen molar-refractivity contribution in [1.82, 2.24) is 3.97 Å². The number of aromatic nitrogens is 1. The van der Waals surface area contributed by atoms with E-state index in [-0.39, 0.29) is 30.7 Å². The second-order valence-electron chi connectivity index (χ2n) is 6.57. The summed E-state index contributed by atoms with van der Waals surface area (Å²) in [5.41, 5.74) is 2.18. The lowest BCUT2D eigenvalue weighted by atomic mass is 9.76. The van der Waals surface area contributed by atoms with Crippen LogP contribution in [0.5, 0.6) is 0 Å². The van der Waals surface area contributed by atoms with Crippen molar-refractivity contribution in [2.75, 3.05) is 0 Å². The first kappa shape index (κ1) is 14.9. The molecule has 1 aliphatic heterocycles. The average Bonchev–Trinajstić information content (AvgIpc) is 2.86. The highest BCUT2D eigenvalue weighted by molar-refractivity contribution is 7.92. The van der Waals surface area contributed by atoms with Crippen LogP contribution in [0.15, 0.2) is 24.4 Å². The quantitative estimate of drug-likeness (QED) is 0.792. The Morgan fingerprint density at radius 3 is 2.33 bits per heavy atom. The topological polar surface area (TPSA) is 23.4 Å². The zero-order chi connectivity index (χ0) is 15.4. The van der Waals surface area contributed by atoms with E-state index in [1.165, 1.54) is 3.97 Å². The molecule has 2 aromatic rings. The predicted octanol–water partition coefficient (Wildman–Crippen LogP) is 3.63. The van der Waals surface area contributed by atoms with Crippen LogP contribution in [0, 0.1) is 6.92 Å². The SMILES string of the molecule is Cc1cc2c(ccn2SF)cc1B1OC(C)(C)C(C)(C)O1. The Kier molecular flexibility index (Phi) is 3.39. The molecule has 1 aromatic carbocycles. The van der Waals surface area contributed by atoms with Gasteiger partial charge in [-0.2, -0.15) is 0 Å². The lowest BCUT2D eigenvalue weighted by Gasteiger charge is -2.32. The molecule has 0 aliphatic carbocycles. The number of hydrogen-bond acceptors (Lipinski definition) is 3. The zero-order valence-corrected chi connectivity index (χ0v) is 13.8. The van der Waals surface area contributed by atoms with Crippen LogP contribution in [0.4, 0.5) is 3.89 Å². The maximum atomic E-state index is 12.9. The molecule has 3 nitrogen and oxygen atoms in total. The summed E-state index contributed by atoms with van der Waals surface area (Å²) in [6, 6.07) is 5.90. The third kappa shape index (κ3) is 2.29. The highest BCUT2D eigenvalue weighted by atomic mass is 32.2. The minimum absolute atomic E-state index is 0.205. The van der Waals surface area contributed by atoms with Crippen molar-refractivity contribution in [2.24, 2.45) is 0 Å². The number of benzene rings is 1. The van der Waals surface area contributed by atoms with E-state index in [9.17, 15) is 3.89 Å². The lowest BCUT2D eigenvalue weighted by Crippen LogP contribution is -2.41. The van der Waals surface area contributed by atoms with Gasteiger partial charge in [0.25, 0.3) is 0 Å². The van der Waals surface area contributed by atoms with Gasteiger partial charge in [-0.05, 0) is 57.8 Å². The average molecular weight is 307 g/mol. The fraction of sp³-hybridized carbons (Fsp3) is 0.467. The normalized spacial score (nSPS) is 20.4. The van der Waals surface area contributed by atoms with Gasteiger partial charge in [0.1, 0.15) is 0 Å². The molecule has 1 aliphatic rings. The van der Waals surface area contributed by atoms with E-state index in [1.54, 1.807) is 6.20 Å². The van der Waals surface area contributed by atoms with Crippen molar-refractivity contribution in [3.05, 3.63) is 30.0 Å². The van der Waals surface area contributed by atoms with Gasteiger partial charge in [0.2, 0.25) is 0 Å². The molecule has 0 radical (unpaired) electrons. The van der Waals surface area contributed by atoms with Gasteiger partial charge >= 0.3 is 7.12 Å². The molecule has 0 unspecified atom stereocenters. The van der Waals surface area contributed by atoms with E-state index < -0.39 is 0 Å². The van der Waals surface area contributed by atoms with Crippen LogP contribution in [-0.2, 0) is 9.31 Å². The molecule has 0 bridgehead atoms. The number of fused-ring (bicyclic) bond motifs is 1. The van der Waals surface area contributed by atoms with Crippen LogP contribution in [0.1, 0.15) is 33.3 Å². The van der Waals surface area contributed by atoms with Gasteiger partial charge in [0, 0.05) is 11.6 Å². The fourth-order valence-corrected chi connectivity index (χ4v) is 2.90. The van der Waals surface area contributed by atoms with Crippen molar-refractivity contribution in [3.63, 3.8) is 0 Å². The number of hydrogen-bond donors (Lipinski definition) is 0. The van der Waals surface area contributed by atoms with Crippen LogP contribution >= 0.6 is 12.3 Å². The van der Waals surface area contributed by atoms with E-state index in [0.717, 1.165) is 21.9 Å². The smallest absolute Gasteiger partial charge is 0.399 e. The van der Waals surface area contributed by atoms with Gasteiger partial charge < -0.3 is 9.31 Å². The van der Waals surface area contributed by atoms with Gasteiger partial charge in [0.15, 0.2) is 12.3 Å². The van der Waals surface area contributed by atoms with Gasteiger partial charge in [0.05, 0.1) is 16.7 Å². The Labute approximate surface area is 129 Å². The molecule has 0 N–H and O–H groups in total. The number of nitrogens with zero attached hydrogens (tertiary/aromatic N) is 1. The van der Waals surface area contributed by atoms with Gasteiger partial charge in [-0.15, -0.1) is 3.89 Å². The van der Waals surface area contributed by atoms with Crippen LogP contribution < -0.4 is 5.46 Å². The van der Waals surface area contributed by atoms with E-state index in [4.69, 9.17) is 9.31 Å². The maximum Gasteiger partial charge on any atom is 0.495 e. The molecule has 0 amide bonds. The summed E-state index contributed by atoms with van der Waals surface area (Å²) in [7, 11) is -0.388. The van der Waals surface area contributed by atoms with E-state index in [2.05, 4.69) is 0 Å². The highest BCUT2D eigenvalue weighted by Gasteiger charge is 2.52. The molecule has 0 saturated carbocycles. The standard InChI is InChI=1S/C15H19BFNO2S/c1-10-8-13-11(6-7-18(13)21-17)9-12(10)16-19-14(2,3)15(4,5)20-16/h6-9H,1-5H3. The first-order valence-corrected chi connectivity index (χ1v) is 7.69. The summed E-state index contributed by atoms with van der Waals surface area (Å²) in [6.45, 7) is 10.2. The zero-order valence-electron chi connectivity index (χ0n) is 12.9. The summed E-state index contributed by atoms with van der Waals surface area (Å²) in [5, 5.41) is 0.982.